The van der Waals surface area contributed by atoms with Crippen LogP contribution >= 0.6 is 0 Å². The highest BCUT2D eigenvalue weighted by molar-refractivity contribution is 5.31. The van der Waals surface area contributed by atoms with Crippen LogP contribution < -0.4 is 10.5 Å². The summed E-state index contributed by atoms with van der Waals surface area (Å²) < 4.78 is 11.3. The minimum absolute atomic E-state index is 0.388. The molecule has 0 atom stereocenters. The van der Waals surface area contributed by atoms with Gasteiger partial charge in [0.25, 0.3) is 0 Å². The number of nitrogens with zero attached hydrogens (tertiary/aromatic N) is 2. The van der Waals surface area contributed by atoms with Crippen LogP contribution in [0.15, 0.2) is 53.1 Å². The van der Waals surface area contributed by atoms with Gasteiger partial charge in [-0.1, -0.05) is 47.1 Å². The van der Waals surface area contributed by atoms with E-state index in [1.807, 2.05) is 30.3 Å². The van der Waals surface area contributed by atoms with Crippen molar-refractivity contribution in [2.75, 3.05) is 0 Å². The molecule has 26 heavy (non-hydrogen) atoms. The number of aromatic nitrogens is 2. The van der Waals surface area contributed by atoms with Crippen molar-refractivity contribution in [3.8, 4) is 5.75 Å². The molecular weight excluding hydrogens is 326 g/mol. The molecule has 1 fully saturated rings. The summed E-state index contributed by atoms with van der Waals surface area (Å²) in [5, 5.41) is 4.07. The van der Waals surface area contributed by atoms with Crippen LogP contribution in [0, 0.1) is 6.92 Å². The molecule has 1 aliphatic rings. The second kappa shape index (κ2) is 6.92. The van der Waals surface area contributed by atoms with E-state index in [4.69, 9.17) is 15.0 Å². The van der Waals surface area contributed by atoms with Gasteiger partial charge >= 0.3 is 0 Å². The standard InChI is InChI=1S/C21H23N3O2/c1-15-5-2-7-17(11-15)14-25-18-8-3-6-16(12-18)13-19-23-20(24-26-19)21(22)9-4-10-21/h2-3,5-8,11-12H,4,9-10,13-14,22H2,1H3. The van der Waals surface area contributed by atoms with Gasteiger partial charge in [-0.05, 0) is 49.4 Å². The van der Waals surface area contributed by atoms with Gasteiger partial charge in [0, 0.05) is 0 Å². The van der Waals surface area contributed by atoms with Crippen molar-refractivity contribution in [1.29, 1.82) is 0 Å². The predicted molar refractivity (Wildman–Crippen MR) is 98.8 cm³/mol. The van der Waals surface area contributed by atoms with E-state index in [0.29, 0.717) is 24.7 Å². The molecule has 4 rings (SSSR count). The van der Waals surface area contributed by atoms with Gasteiger partial charge in [0.05, 0.1) is 12.0 Å². The fourth-order valence-electron chi connectivity index (χ4n) is 3.20. The molecule has 134 valence electrons. The molecule has 1 heterocycles. The maximum absolute atomic E-state index is 6.26. The summed E-state index contributed by atoms with van der Waals surface area (Å²) in [4.78, 5) is 4.49. The summed E-state index contributed by atoms with van der Waals surface area (Å²) in [5.74, 6) is 2.05. The maximum Gasteiger partial charge on any atom is 0.231 e. The Morgan fingerprint density at radius 3 is 2.69 bits per heavy atom. The van der Waals surface area contributed by atoms with Crippen molar-refractivity contribution in [3.05, 3.63) is 76.9 Å². The Labute approximate surface area is 153 Å². The first kappa shape index (κ1) is 16.8. The summed E-state index contributed by atoms with van der Waals surface area (Å²) in [6.07, 6.45) is 3.55. The van der Waals surface area contributed by atoms with E-state index >= 15 is 0 Å². The van der Waals surface area contributed by atoms with E-state index < -0.39 is 0 Å². The third-order valence-electron chi connectivity index (χ3n) is 4.90. The Bertz CT molecular complexity index is 900. The van der Waals surface area contributed by atoms with Crippen LogP contribution in [0.4, 0.5) is 0 Å². The van der Waals surface area contributed by atoms with Gasteiger partial charge in [-0.25, -0.2) is 0 Å². The number of ether oxygens (including phenoxy) is 1. The monoisotopic (exact) mass is 349 g/mol. The Balaban J connectivity index is 1.41. The Kier molecular flexibility index (Phi) is 4.47. The summed E-state index contributed by atoms with van der Waals surface area (Å²) in [6, 6.07) is 16.3. The predicted octanol–water partition coefficient (Wildman–Crippen LogP) is 3.89. The lowest BCUT2D eigenvalue weighted by Crippen LogP contribution is -2.44. The van der Waals surface area contributed by atoms with Crippen LogP contribution in [0.3, 0.4) is 0 Å². The average molecular weight is 349 g/mol. The fraction of sp³-hybridized carbons (Fsp3) is 0.333. The number of rotatable bonds is 6. The topological polar surface area (TPSA) is 74.2 Å². The van der Waals surface area contributed by atoms with Gasteiger partial charge in [0.15, 0.2) is 5.82 Å². The van der Waals surface area contributed by atoms with E-state index in [1.54, 1.807) is 0 Å². The highest BCUT2D eigenvalue weighted by Gasteiger charge is 2.38. The van der Waals surface area contributed by atoms with Gasteiger partial charge in [-0.15, -0.1) is 0 Å². The fourth-order valence-corrected chi connectivity index (χ4v) is 3.20. The molecule has 0 radical (unpaired) electrons. The van der Waals surface area contributed by atoms with E-state index in [9.17, 15) is 0 Å². The lowest BCUT2D eigenvalue weighted by atomic mass is 9.77. The minimum atomic E-state index is -0.388. The van der Waals surface area contributed by atoms with Crippen LogP contribution in [-0.4, -0.2) is 10.1 Å². The largest absolute Gasteiger partial charge is 0.489 e. The zero-order valence-electron chi connectivity index (χ0n) is 14.9. The van der Waals surface area contributed by atoms with Gasteiger partial charge < -0.3 is 15.0 Å². The van der Waals surface area contributed by atoms with Crippen LogP contribution in [0.2, 0.25) is 0 Å². The SMILES string of the molecule is Cc1cccc(COc2cccc(Cc3nc(C4(N)CCC4)no3)c2)c1. The van der Waals surface area contributed by atoms with Crippen LogP contribution in [0.5, 0.6) is 5.75 Å². The van der Waals surface area contributed by atoms with Crippen molar-refractivity contribution in [3.63, 3.8) is 0 Å². The highest BCUT2D eigenvalue weighted by Crippen LogP contribution is 2.37. The molecule has 3 aromatic rings. The highest BCUT2D eigenvalue weighted by atomic mass is 16.5. The Hall–Kier alpha value is -2.66. The second-order valence-electron chi connectivity index (χ2n) is 7.12. The summed E-state index contributed by atoms with van der Waals surface area (Å²) in [6.45, 7) is 2.63. The smallest absolute Gasteiger partial charge is 0.231 e. The second-order valence-corrected chi connectivity index (χ2v) is 7.12. The molecule has 0 aliphatic heterocycles. The van der Waals surface area contributed by atoms with Gasteiger partial charge in [0.1, 0.15) is 12.4 Å². The molecule has 0 amide bonds. The minimum Gasteiger partial charge on any atom is -0.489 e. The van der Waals surface area contributed by atoms with Crippen molar-refractivity contribution in [1.82, 2.24) is 10.1 Å². The van der Waals surface area contributed by atoms with Crippen LogP contribution in [0.25, 0.3) is 0 Å². The summed E-state index contributed by atoms with van der Waals surface area (Å²) in [7, 11) is 0. The molecule has 1 saturated carbocycles. The van der Waals surface area contributed by atoms with E-state index in [2.05, 4.69) is 35.3 Å². The number of aryl methyl sites for hydroxylation is 1. The third kappa shape index (κ3) is 3.63. The van der Waals surface area contributed by atoms with Crippen molar-refractivity contribution in [2.45, 2.75) is 44.8 Å². The van der Waals surface area contributed by atoms with Crippen LogP contribution in [0.1, 0.15) is 47.7 Å². The number of hydrogen-bond donors (Lipinski definition) is 1. The third-order valence-corrected chi connectivity index (χ3v) is 4.90. The van der Waals surface area contributed by atoms with Gasteiger partial charge in [-0.3, -0.25) is 0 Å². The summed E-state index contributed by atoms with van der Waals surface area (Å²) >= 11 is 0. The number of benzene rings is 2. The molecule has 0 bridgehead atoms. The first-order valence-electron chi connectivity index (χ1n) is 9.00. The zero-order valence-corrected chi connectivity index (χ0v) is 14.9. The molecule has 5 nitrogen and oxygen atoms in total. The normalized spacial score (nSPS) is 15.5. The Morgan fingerprint density at radius 2 is 1.92 bits per heavy atom. The van der Waals surface area contributed by atoms with E-state index in [-0.39, 0.29) is 5.54 Å². The summed E-state index contributed by atoms with van der Waals surface area (Å²) in [5.41, 5.74) is 9.33. The quantitative estimate of drug-likeness (QED) is 0.731. The van der Waals surface area contributed by atoms with Crippen molar-refractivity contribution < 1.29 is 9.26 Å². The van der Waals surface area contributed by atoms with Crippen molar-refractivity contribution in [2.24, 2.45) is 5.73 Å². The zero-order chi connectivity index (χ0) is 18.0. The maximum atomic E-state index is 6.26. The molecule has 0 saturated heterocycles. The molecule has 5 heteroatoms. The average Bonchev–Trinajstić information content (AvgIpc) is 3.07. The molecule has 1 aromatic heterocycles. The first-order chi connectivity index (χ1) is 12.6. The molecule has 0 spiro atoms. The molecule has 1 aliphatic carbocycles. The number of hydrogen-bond acceptors (Lipinski definition) is 5. The molecule has 0 unspecified atom stereocenters. The molecular formula is C21H23N3O2. The van der Waals surface area contributed by atoms with Crippen LogP contribution in [-0.2, 0) is 18.6 Å². The Morgan fingerprint density at radius 1 is 1.12 bits per heavy atom. The van der Waals surface area contributed by atoms with Gasteiger partial charge in [-0.2, -0.15) is 4.98 Å². The lowest BCUT2D eigenvalue weighted by Gasteiger charge is -2.34. The van der Waals surface area contributed by atoms with E-state index in [0.717, 1.165) is 36.1 Å². The molecule has 2 aromatic carbocycles. The molecule has 2 N–H and O–H groups in total. The number of nitrogens with two attached hydrogens (primary N) is 1. The first-order valence-corrected chi connectivity index (χ1v) is 9.00. The lowest BCUT2D eigenvalue weighted by molar-refractivity contribution is 0.229. The van der Waals surface area contributed by atoms with Gasteiger partial charge in [0.2, 0.25) is 5.89 Å². The van der Waals surface area contributed by atoms with Crippen molar-refractivity contribution >= 4 is 0 Å². The van der Waals surface area contributed by atoms with E-state index in [1.165, 1.54) is 5.56 Å².